The van der Waals surface area contributed by atoms with Gasteiger partial charge in [0.15, 0.2) is 0 Å². The van der Waals surface area contributed by atoms with Gasteiger partial charge in [0.05, 0.1) is 0 Å². The molecular weight excluding hydrogens is 258 g/mol. The van der Waals surface area contributed by atoms with E-state index in [2.05, 4.69) is 15.6 Å². The fourth-order valence-electron chi connectivity index (χ4n) is 2.11. The SMILES string of the molecule is CCNc1cccc(C(=O)NCC2CCCCS2)n1. The van der Waals surface area contributed by atoms with Crippen LogP contribution in [0.3, 0.4) is 0 Å². The van der Waals surface area contributed by atoms with Crippen molar-refractivity contribution in [2.45, 2.75) is 31.4 Å². The number of carbonyl (C=O) groups is 1. The summed E-state index contributed by atoms with van der Waals surface area (Å²) >= 11 is 1.96. The third-order valence-electron chi connectivity index (χ3n) is 3.10. The molecular formula is C14H21N3OS. The summed E-state index contributed by atoms with van der Waals surface area (Å²) in [5.74, 6) is 1.89. The minimum atomic E-state index is -0.0778. The largest absolute Gasteiger partial charge is 0.370 e. The van der Waals surface area contributed by atoms with Crippen LogP contribution in [0.5, 0.6) is 0 Å². The molecule has 1 atom stereocenters. The number of pyridine rings is 1. The minimum absolute atomic E-state index is 0.0778. The van der Waals surface area contributed by atoms with Gasteiger partial charge in [-0.05, 0) is 37.7 Å². The third kappa shape index (κ3) is 4.42. The van der Waals surface area contributed by atoms with Crippen molar-refractivity contribution in [1.29, 1.82) is 0 Å². The second-order valence-electron chi connectivity index (χ2n) is 4.64. The Bertz CT molecular complexity index is 419. The molecule has 0 radical (unpaired) electrons. The number of aromatic nitrogens is 1. The molecule has 2 heterocycles. The van der Waals surface area contributed by atoms with E-state index in [4.69, 9.17) is 0 Å². The first-order chi connectivity index (χ1) is 9.29. The van der Waals surface area contributed by atoms with Crippen molar-refractivity contribution in [3.05, 3.63) is 23.9 Å². The quantitative estimate of drug-likeness (QED) is 0.869. The molecule has 0 aliphatic carbocycles. The second kappa shape index (κ2) is 7.38. The fourth-order valence-corrected chi connectivity index (χ4v) is 3.34. The molecule has 2 rings (SSSR count). The number of hydrogen-bond donors (Lipinski definition) is 2. The van der Waals surface area contributed by atoms with Crippen LogP contribution < -0.4 is 10.6 Å². The molecule has 0 spiro atoms. The van der Waals surface area contributed by atoms with E-state index < -0.39 is 0 Å². The van der Waals surface area contributed by atoms with Crippen molar-refractivity contribution >= 4 is 23.5 Å². The van der Waals surface area contributed by atoms with E-state index in [1.54, 1.807) is 6.07 Å². The molecule has 0 aromatic carbocycles. The van der Waals surface area contributed by atoms with E-state index in [1.807, 2.05) is 30.8 Å². The molecule has 1 aromatic rings. The Morgan fingerprint density at radius 2 is 2.37 bits per heavy atom. The Labute approximate surface area is 118 Å². The minimum Gasteiger partial charge on any atom is -0.370 e. The molecule has 1 fully saturated rings. The van der Waals surface area contributed by atoms with Crippen LogP contribution in [0, 0.1) is 0 Å². The summed E-state index contributed by atoms with van der Waals surface area (Å²) in [6, 6.07) is 5.48. The Balaban J connectivity index is 1.86. The topological polar surface area (TPSA) is 54.0 Å². The summed E-state index contributed by atoms with van der Waals surface area (Å²) in [5.41, 5.74) is 0.485. The smallest absolute Gasteiger partial charge is 0.270 e. The molecule has 4 nitrogen and oxygen atoms in total. The zero-order chi connectivity index (χ0) is 13.5. The average molecular weight is 279 g/mol. The monoisotopic (exact) mass is 279 g/mol. The Hall–Kier alpha value is -1.23. The maximum Gasteiger partial charge on any atom is 0.270 e. The summed E-state index contributed by atoms with van der Waals surface area (Å²) in [6.45, 7) is 3.56. The lowest BCUT2D eigenvalue weighted by Gasteiger charge is -2.21. The Kier molecular flexibility index (Phi) is 5.51. The van der Waals surface area contributed by atoms with E-state index in [-0.39, 0.29) is 5.91 Å². The molecule has 19 heavy (non-hydrogen) atoms. The molecule has 0 saturated carbocycles. The number of hydrogen-bond acceptors (Lipinski definition) is 4. The van der Waals surface area contributed by atoms with Crippen LogP contribution in [0.25, 0.3) is 0 Å². The normalized spacial score (nSPS) is 18.9. The van der Waals surface area contributed by atoms with E-state index in [0.717, 1.165) is 18.9 Å². The zero-order valence-corrected chi connectivity index (χ0v) is 12.1. The van der Waals surface area contributed by atoms with Crippen molar-refractivity contribution in [1.82, 2.24) is 10.3 Å². The van der Waals surface area contributed by atoms with Gasteiger partial charge in [-0.15, -0.1) is 0 Å². The standard InChI is InChI=1S/C14H21N3OS/c1-2-15-13-8-5-7-12(17-13)14(18)16-10-11-6-3-4-9-19-11/h5,7-8,11H,2-4,6,9-10H2,1H3,(H,15,17)(H,16,18). The first-order valence-corrected chi connectivity index (χ1v) is 7.95. The van der Waals surface area contributed by atoms with Crippen molar-refractivity contribution in [2.24, 2.45) is 0 Å². The second-order valence-corrected chi connectivity index (χ2v) is 6.05. The van der Waals surface area contributed by atoms with Gasteiger partial charge in [0.25, 0.3) is 5.91 Å². The predicted molar refractivity (Wildman–Crippen MR) is 80.8 cm³/mol. The molecule has 1 aliphatic heterocycles. The summed E-state index contributed by atoms with van der Waals surface area (Å²) in [5, 5.41) is 6.67. The number of nitrogens with zero attached hydrogens (tertiary/aromatic N) is 1. The van der Waals surface area contributed by atoms with Gasteiger partial charge in [0, 0.05) is 18.3 Å². The van der Waals surface area contributed by atoms with E-state index >= 15 is 0 Å². The predicted octanol–water partition coefficient (Wildman–Crippen LogP) is 2.53. The Morgan fingerprint density at radius 1 is 1.47 bits per heavy atom. The van der Waals surface area contributed by atoms with Crippen LogP contribution in [0.15, 0.2) is 18.2 Å². The lowest BCUT2D eigenvalue weighted by Crippen LogP contribution is -2.32. The van der Waals surface area contributed by atoms with Crippen molar-refractivity contribution in [3.63, 3.8) is 0 Å². The van der Waals surface area contributed by atoms with Gasteiger partial charge in [0.2, 0.25) is 0 Å². The number of amides is 1. The zero-order valence-electron chi connectivity index (χ0n) is 11.3. The Morgan fingerprint density at radius 3 is 3.11 bits per heavy atom. The van der Waals surface area contributed by atoms with Gasteiger partial charge in [-0.2, -0.15) is 11.8 Å². The summed E-state index contributed by atoms with van der Waals surface area (Å²) in [6.07, 6.45) is 3.79. The molecule has 104 valence electrons. The number of nitrogens with one attached hydrogen (secondary N) is 2. The maximum atomic E-state index is 12.0. The van der Waals surface area contributed by atoms with Gasteiger partial charge in [-0.1, -0.05) is 12.5 Å². The van der Waals surface area contributed by atoms with Gasteiger partial charge >= 0.3 is 0 Å². The lowest BCUT2D eigenvalue weighted by molar-refractivity contribution is 0.0948. The van der Waals surface area contributed by atoms with Crippen LogP contribution in [0.4, 0.5) is 5.82 Å². The number of rotatable bonds is 5. The van der Waals surface area contributed by atoms with Crippen LogP contribution in [-0.2, 0) is 0 Å². The number of carbonyl (C=O) groups excluding carboxylic acids is 1. The molecule has 0 bridgehead atoms. The van der Waals surface area contributed by atoms with Gasteiger partial charge in [-0.25, -0.2) is 4.98 Å². The molecule has 5 heteroatoms. The van der Waals surface area contributed by atoms with E-state index in [0.29, 0.717) is 10.9 Å². The van der Waals surface area contributed by atoms with E-state index in [1.165, 1.54) is 25.0 Å². The van der Waals surface area contributed by atoms with Gasteiger partial charge < -0.3 is 10.6 Å². The highest BCUT2D eigenvalue weighted by Crippen LogP contribution is 2.24. The number of anilines is 1. The summed E-state index contributed by atoms with van der Waals surface area (Å²) in [7, 11) is 0. The molecule has 1 aromatic heterocycles. The first kappa shape index (κ1) is 14.2. The number of thioether (sulfide) groups is 1. The van der Waals surface area contributed by atoms with Crippen molar-refractivity contribution < 1.29 is 4.79 Å². The van der Waals surface area contributed by atoms with Crippen LogP contribution in [0.1, 0.15) is 36.7 Å². The third-order valence-corrected chi connectivity index (χ3v) is 4.50. The molecule has 1 unspecified atom stereocenters. The van der Waals surface area contributed by atoms with Crippen LogP contribution in [0.2, 0.25) is 0 Å². The van der Waals surface area contributed by atoms with E-state index in [9.17, 15) is 4.79 Å². The van der Waals surface area contributed by atoms with Crippen LogP contribution in [-0.4, -0.2) is 35.0 Å². The summed E-state index contributed by atoms with van der Waals surface area (Å²) < 4.78 is 0. The summed E-state index contributed by atoms with van der Waals surface area (Å²) in [4.78, 5) is 16.3. The maximum absolute atomic E-state index is 12.0. The van der Waals surface area contributed by atoms with Crippen LogP contribution >= 0.6 is 11.8 Å². The highest BCUT2D eigenvalue weighted by molar-refractivity contribution is 7.99. The lowest BCUT2D eigenvalue weighted by atomic mass is 10.2. The van der Waals surface area contributed by atoms with Gasteiger partial charge in [0.1, 0.15) is 11.5 Å². The van der Waals surface area contributed by atoms with Crippen molar-refractivity contribution in [3.8, 4) is 0 Å². The first-order valence-electron chi connectivity index (χ1n) is 6.90. The molecule has 1 amide bonds. The molecule has 1 aliphatic rings. The van der Waals surface area contributed by atoms with Crippen molar-refractivity contribution in [2.75, 3.05) is 24.2 Å². The highest BCUT2D eigenvalue weighted by atomic mass is 32.2. The molecule has 1 saturated heterocycles. The van der Waals surface area contributed by atoms with Gasteiger partial charge in [-0.3, -0.25) is 4.79 Å². The molecule has 2 N–H and O–H groups in total. The fraction of sp³-hybridized carbons (Fsp3) is 0.571. The average Bonchev–Trinajstić information content (AvgIpc) is 2.46. The highest BCUT2D eigenvalue weighted by Gasteiger charge is 2.15.